The highest BCUT2D eigenvalue weighted by Crippen LogP contribution is 2.62. The van der Waals surface area contributed by atoms with Gasteiger partial charge in [-0.15, -0.1) is 0 Å². The monoisotopic (exact) mass is 350 g/mol. The Balaban J connectivity index is 2.24. The Labute approximate surface area is 152 Å². The average molecular weight is 350 g/mol. The summed E-state index contributed by atoms with van der Waals surface area (Å²) < 4.78 is 5.16. The first kappa shape index (κ1) is 20.2. The van der Waals surface area contributed by atoms with Crippen molar-refractivity contribution in [1.29, 1.82) is 0 Å². The molecule has 0 saturated heterocycles. The fourth-order valence-electron chi connectivity index (χ4n) is 5.59. The molecule has 5 unspecified atom stereocenters. The molecule has 2 fully saturated rings. The molecule has 142 valence electrons. The van der Waals surface area contributed by atoms with Crippen molar-refractivity contribution >= 4 is 5.97 Å². The zero-order valence-electron chi connectivity index (χ0n) is 16.0. The third-order valence-corrected chi connectivity index (χ3v) is 7.07. The van der Waals surface area contributed by atoms with Gasteiger partial charge in [-0.2, -0.15) is 0 Å². The summed E-state index contributed by atoms with van der Waals surface area (Å²) in [4.78, 5) is 12.5. The van der Waals surface area contributed by atoms with Crippen LogP contribution in [0.5, 0.6) is 0 Å². The molecule has 0 aliphatic heterocycles. The molecular formula is C21H34O4. The largest absolute Gasteiger partial charge is 0.469 e. The Bertz CT molecular complexity index is 540. The van der Waals surface area contributed by atoms with E-state index in [-0.39, 0.29) is 23.9 Å². The molecule has 0 aromatic carbocycles. The van der Waals surface area contributed by atoms with Gasteiger partial charge in [-0.1, -0.05) is 32.1 Å². The fraction of sp³-hybridized carbons (Fsp3) is 0.762. The van der Waals surface area contributed by atoms with Crippen LogP contribution < -0.4 is 0 Å². The van der Waals surface area contributed by atoms with E-state index in [4.69, 9.17) is 9.84 Å². The molecule has 4 heteroatoms. The van der Waals surface area contributed by atoms with Gasteiger partial charge >= 0.3 is 5.97 Å². The van der Waals surface area contributed by atoms with Crippen molar-refractivity contribution in [2.45, 2.75) is 64.9 Å². The van der Waals surface area contributed by atoms with Crippen LogP contribution in [-0.4, -0.2) is 36.0 Å². The molecule has 0 aromatic rings. The van der Waals surface area contributed by atoms with Crippen LogP contribution in [0.1, 0.15) is 58.8 Å². The van der Waals surface area contributed by atoms with E-state index >= 15 is 0 Å². The smallest absolute Gasteiger partial charge is 0.311 e. The molecule has 0 bridgehead atoms. The van der Waals surface area contributed by atoms with E-state index in [1.165, 1.54) is 12.7 Å². The molecule has 0 radical (unpaired) electrons. The summed E-state index contributed by atoms with van der Waals surface area (Å²) >= 11 is 0. The zero-order chi connectivity index (χ0) is 18.8. The van der Waals surface area contributed by atoms with Gasteiger partial charge in [-0.25, -0.2) is 0 Å². The number of ether oxygens (including phenoxy) is 1. The standard InChI is InChI=1S/C21H34O4/c1-14-8-10-18-20(3,11-6-12-21(18,4)19(24)25-5)16(14)9-7-15(2)17(23)13-22/h16-18,22-23H,1-2,6-13H2,3-5H3. The minimum absolute atomic E-state index is 0.0149. The van der Waals surface area contributed by atoms with Gasteiger partial charge in [-0.3, -0.25) is 4.79 Å². The lowest BCUT2D eigenvalue weighted by Crippen LogP contribution is -2.53. The van der Waals surface area contributed by atoms with Gasteiger partial charge in [0.15, 0.2) is 0 Å². The Morgan fingerprint density at radius 3 is 2.68 bits per heavy atom. The number of aliphatic hydroxyl groups excluding tert-OH is 2. The molecule has 5 atom stereocenters. The Morgan fingerprint density at radius 1 is 1.40 bits per heavy atom. The second kappa shape index (κ2) is 7.63. The van der Waals surface area contributed by atoms with E-state index in [0.29, 0.717) is 17.9 Å². The first-order valence-electron chi connectivity index (χ1n) is 9.43. The molecule has 0 heterocycles. The Hall–Kier alpha value is -1.13. The van der Waals surface area contributed by atoms with Crippen molar-refractivity contribution in [1.82, 2.24) is 0 Å². The number of hydrogen-bond donors (Lipinski definition) is 2. The number of carbonyl (C=O) groups excluding carboxylic acids is 1. The first-order valence-corrected chi connectivity index (χ1v) is 9.43. The Morgan fingerprint density at radius 2 is 2.08 bits per heavy atom. The summed E-state index contributed by atoms with van der Waals surface area (Å²) in [5, 5.41) is 18.9. The van der Waals surface area contributed by atoms with E-state index in [9.17, 15) is 9.90 Å². The second-order valence-corrected chi connectivity index (χ2v) is 8.47. The third-order valence-electron chi connectivity index (χ3n) is 7.07. The highest BCUT2D eigenvalue weighted by Gasteiger charge is 2.57. The van der Waals surface area contributed by atoms with Crippen molar-refractivity contribution in [3.63, 3.8) is 0 Å². The van der Waals surface area contributed by atoms with Gasteiger partial charge in [0.05, 0.1) is 25.2 Å². The maximum Gasteiger partial charge on any atom is 0.311 e. The molecule has 2 rings (SSSR count). The average Bonchev–Trinajstić information content (AvgIpc) is 2.58. The lowest BCUT2D eigenvalue weighted by atomic mass is 9.46. The van der Waals surface area contributed by atoms with E-state index in [0.717, 1.165) is 38.5 Å². The van der Waals surface area contributed by atoms with Crippen molar-refractivity contribution in [2.75, 3.05) is 13.7 Å². The van der Waals surface area contributed by atoms with Crippen molar-refractivity contribution in [3.8, 4) is 0 Å². The fourth-order valence-corrected chi connectivity index (χ4v) is 5.59. The normalized spacial score (nSPS) is 36.4. The molecule has 2 aliphatic rings. The third kappa shape index (κ3) is 3.56. The number of carbonyl (C=O) groups is 1. The van der Waals surface area contributed by atoms with Gasteiger partial charge in [0, 0.05) is 0 Å². The van der Waals surface area contributed by atoms with Gasteiger partial charge in [0.2, 0.25) is 0 Å². The van der Waals surface area contributed by atoms with E-state index in [1.807, 2.05) is 0 Å². The maximum atomic E-state index is 12.5. The van der Waals surface area contributed by atoms with Crippen LogP contribution in [0.15, 0.2) is 24.3 Å². The molecule has 2 aliphatic carbocycles. The highest BCUT2D eigenvalue weighted by atomic mass is 16.5. The van der Waals surface area contributed by atoms with Crippen molar-refractivity contribution in [2.24, 2.45) is 22.7 Å². The number of allylic oxidation sites excluding steroid dienone is 1. The molecular weight excluding hydrogens is 316 g/mol. The summed E-state index contributed by atoms with van der Waals surface area (Å²) in [7, 11) is 1.49. The number of rotatable bonds is 6. The van der Waals surface area contributed by atoms with E-state index in [1.54, 1.807) is 0 Å². The zero-order valence-corrected chi connectivity index (χ0v) is 16.0. The van der Waals surface area contributed by atoms with Crippen LogP contribution in [0, 0.1) is 22.7 Å². The Kier molecular flexibility index (Phi) is 6.16. The highest BCUT2D eigenvalue weighted by molar-refractivity contribution is 5.77. The van der Waals surface area contributed by atoms with Crippen molar-refractivity contribution in [3.05, 3.63) is 24.3 Å². The van der Waals surface area contributed by atoms with Crippen LogP contribution in [-0.2, 0) is 9.53 Å². The minimum atomic E-state index is -0.854. The predicted octanol–water partition coefficient (Wildman–Crippen LogP) is 3.63. The predicted molar refractivity (Wildman–Crippen MR) is 98.9 cm³/mol. The number of hydrogen-bond acceptors (Lipinski definition) is 4. The molecule has 0 amide bonds. The molecule has 2 N–H and O–H groups in total. The summed E-state index contributed by atoms with van der Waals surface area (Å²) in [5.74, 6) is 0.501. The maximum absolute atomic E-state index is 12.5. The molecule has 25 heavy (non-hydrogen) atoms. The second-order valence-electron chi connectivity index (χ2n) is 8.47. The topological polar surface area (TPSA) is 66.8 Å². The molecule has 2 saturated carbocycles. The summed E-state index contributed by atoms with van der Waals surface area (Å²) in [6.45, 7) is 12.3. The van der Waals surface area contributed by atoms with E-state index < -0.39 is 11.5 Å². The first-order chi connectivity index (χ1) is 11.7. The van der Waals surface area contributed by atoms with Gasteiger partial charge in [0.25, 0.3) is 0 Å². The number of esters is 1. The van der Waals surface area contributed by atoms with Gasteiger partial charge in [0.1, 0.15) is 0 Å². The van der Waals surface area contributed by atoms with E-state index in [2.05, 4.69) is 27.0 Å². The summed E-state index contributed by atoms with van der Waals surface area (Å²) in [6, 6.07) is 0. The minimum Gasteiger partial charge on any atom is -0.469 e. The van der Waals surface area contributed by atoms with Crippen LogP contribution in [0.3, 0.4) is 0 Å². The summed E-state index contributed by atoms with van der Waals surface area (Å²) in [5.41, 5.74) is 1.51. The SMILES string of the molecule is C=C(CCC1C(=C)CCC2C(C)(C(=O)OC)CCCC12C)C(O)CO. The molecule has 4 nitrogen and oxygen atoms in total. The number of methoxy groups -OCH3 is 1. The lowest BCUT2D eigenvalue weighted by molar-refractivity contribution is -0.168. The number of aliphatic hydroxyl groups is 2. The molecule has 0 aromatic heterocycles. The van der Waals surface area contributed by atoms with Gasteiger partial charge in [-0.05, 0) is 68.3 Å². The van der Waals surface area contributed by atoms with Crippen LogP contribution in [0.2, 0.25) is 0 Å². The van der Waals surface area contributed by atoms with Crippen LogP contribution in [0.25, 0.3) is 0 Å². The van der Waals surface area contributed by atoms with Crippen LogP contribution >= 0.6 is 0 Å². The van der Waals surface area contributed by atoms with Crippen molar-refractivity contribution < 1.29 is 19.7 Å². The quantitative estimate of drug-likeness (QED) is 0.567. The molecule has 0 spiro atoms. The van der Waals surface area contributed by atoms with Crippen LogP contribution in [0.4, 0.5) is 0 Å². The number of fused-ring (bicyclic) bond motifs is 1. The summed E-state index contributed by atoms with van der Waals surface area (Å²) in [6.07, 6.45) is 5.58. The lowest BCUT2D eigenvalue weighted by Gasteiger charge is -2.57. The van der Waals surface area contributed by atoms with Gasteiger partial charge < -0.3 is 14.9 Å².